The standard InChI is InChI=1S/C7H7BrN3.C7H8O3S/c8-6-2-4-11(10)7(5-6)1-3-9;1-6-2-4-7(5-3-6)11(8,9)10/h2,4-5H,1,10H2;2-5H,1H3,(H,8,9,10)/q+1;/p-1. The van der Waals surface area contributed by atoms with Crippen molar-refractivity contribution in [1.29, 1.82) is 5.26 Å². The molecule has 0 aliphatic rings. The van der Waals surface area contributed by atoms with Gasteiger partial charge in [0.1, 0.15) is 16.5 Å². The molecule has 0 saturated carbocycles. The fourth-order valence-electron chi connectivity index (χ4n) is 1.46. The molecule has 8 heteroatoms. The van der Waals surface area contributed by atoms with Crippen molar-refractivity contribution in [2.75, 3.05) is 5.84 Å². The maximum absolute atomic E-state index is 10.4. The number of aryl methyl sites for hydroxylation is 1. The minimum absolute atomic E-state index is 0.178. The van der Waals surface area contributed by atoms with Gasteiger partial charge in [-0.2, -0.15) is 5.26 Å². The van der Waals surface area contributed by atoms with Crippen LogP contribution in [0.15, 0.2) is 52.0 Å². The average Bonchev–Trinajstić information content (AvgIpc) is 2.43. The summed E-state index contributed by atoms with van der Waals surface area (Å²) in [6.45, 7) is 1.82. The summed E-state index contributed by atoms with van der Waals surface area (Å²) in [5.41, 5.74) is 1.72. The van der Waals surface area contributed by atoms with Gasteiger partial charge in [0.2, 0.25) is 11.9 Å². The van der Waals surface area contributed by atoms with E-state index in [0.717, 1.165) is 15.7 Å². The van der Waals surface area contributed by atoms with Crippen LogP contribution >= 0.6 is 15.9 Å². The predicted molar refractivity (Wildman–Crippen MR) is 82.9 cm³/mol. The van der Waals surface area contributed by atoms with Crippen molar-refractivity contribution >= 4 is 26.0 Å². The quantitative estimate of drug-likeness (QED) is 0.478. The van der Waals surface area contributed by atoms with Gasteiger partial charge in [0.15, 0.2) is 0 Å². The third-order valence-electron chi connectivity index (χ3n) is 2.60. The first-order valence-corrected chi connectivity index (χ1v) is 8.29. The number of aromatic nitrogens is 1. The molecule has 2 aromatic rings. The number of nitrogen functional groups attached to an aromatic ring is 1. The molecular formula is C14H14BrN3O3S. The van der Waals surface area contributed by atoms with Crippen LogP contribution in [0.4, 0.5) is 0 Å². The summed E-state index contributed by atoms with van der Waals surface area (Å²) in [4.78, 5) is -0.178. The first-order valence-electron chi connectivity index (χ1n) is 6.08. The number of nitrogens with zero attached hydrogens (tertiary/aromatic N) is 2. The molecule has 1 aromatic carbocycles. The normalized spacial score (nSPS) is 10.3. The van der Waals surface area contributed by atoms with E-state index in [9.17, 15) is 13.0 Å². The molecule has 0 radical (unpaired) electrons. The van der Waals surface area contributed by atoms with Crippen LogP contribution in [0.3, 0.4) is 0 Å². The van der Waals surface area contributed by atoms with Crippen LogP contribution in [0.2, 0.25) is 0 Å². The Morgan fingerprint density at radius 1 is 1.32 bits per heavy atom. The lowest BCUT2D eigenvalue weighted by Gasteiger charge is -2.05. The third kappa shape index (κ3) is 5.81. The van der Waals surface area contributed by atoms with Crippen molar-refractivity contribution in [3.05, 3.63) is 58.3 Å². The number of nitriles is 1. The Hall–Kier alpha value is -1.95. The van der Waals surface area contributed by atoms with Gasteiger partial charge in [0.25, 0.3) is 0 Å². The van der Waals surface area contributed by atoms with Gasteiger partial charge in [0, 0.05) is 16.6 Å². The summed E-state index contributed by atoms with van der Waals surface area (Å²) >= 11 is 3.29. The van der Waals surface area contributed by atoms with Gasteiger partial charge < -0.3 is 4.55 Å². The van der Waals surface area contributed by atoms with E-state index >= 15 is 0 Å². The molecule has 6 nitrogen and oxygen atoms in total. The van der Waals surface area contributed by atoms with Gasteiger partial charge in [-0.05, 0) is 19.1 Å². The lowest BCUT2D eigenvalue weighted by Crippen LogP contribution is -2.47. The lowest BCUT2D eigenvalue weighted by atomic mass is 10.2. The SMILES string of the molecule is Cc1ccc(S(=O)(=O)[O-])cc1.N#CCc1cc(Br)cc[n+]1N. The van der Waals surface area contributed by atoms with Gasteiger partial charge in [-0.15, -0.1) is 0 Å². The van der Waals surface area contributed by atoms with Crippen LogP contribution in [0.1, 0.15) is 11.3 Å². The van der Waals surface area contributed by atoms with E-state index in [-0.39, 0.29) is 4.90 Å². The van der Waals surface area contributed by atoms with Crippen molar-refractivity contribution < 1.29 is 17.6 Å². The van der Waals surface area contributed by atoms with Gasteiger partial charge in [-0.1, -0.05) is 38.3 Å². The Balaban J connectivity index is 0.000000220. The number of benzene rings is 1. The smallest absolute Gasteiger partial charge is 0.226 e. The minimum atomic E-state index is -4.27. The van der Waals surface area contributed by atoms with Gasteiger partial charge in [-0.3, -0.25) is 0 Å². The summed E-state index contributed by atoms with van der Waals surface area (Å²) in [6.07, 6.45) is 2.03. The van der Waals surface area contributed by atoms with E-state index in [1.165, 1.54) is 16.8 Å². The Morgan fingerprint density at radius 3 is 2.41 bits per heavy atom. The van der Waals surface area contributed by atoms with Crippen molar-refractivity contribution in [1.82, 2.24) is 0 Å². The molecular weight excluding hydrogens is 370 g/mol. The molecule has 116 valence electrons. The highest BCUT2D eigenvalue weighted by Gasteiger charge is 2.06. The number of rotatable bonds is 2. The fraction of sp³-hybridized carbons (Fsp3) is 0.143. The highest BCUT2D eigenvalue weighted by atomic mass is 79.9. The molecule has 1 aromatic heterocycles. The van der Waals surface area contributed by atoms with Gasteiger partial charge in [0.05, 0.1) is 11.0 Å². The van der Waals surface area contributed by atoms with Crippen LogP contribution in [-0.2, 0) is 16.5 Å². The molecule has 0 bridgehead atoms. The molecule has 0 spiro atoms. The van der Waals surface area contributed by atoms with E-state index in [1.54, 1.807) is 18.3 Å². The molecule has 0 atom stereocenters. The van der Waals surface area contributed by atoms with E-state index in [2.05, 4.69) is 15.9 Å². The summed E-state index contributed by atoms with van der Waals surface area (Å²) in [5, 5.41) is 8.40. The van der Waals surface area contributed by atoms with Crippen LogP contribution < -0.4 is 10.5 Å². The maximum atomic E-state index is 10.4. The Bertz CT molecular complexity index is 784. The van der Waals surface area contributed by atoms with Crippen molar-refractivity contribution in [3.8, 4) is 6.07 Å². The van der Waals surface area contributed by atoms with E-state index in [1.807, 2.05) is 25.1 Å². The largest absolute Gasteiger partial charge is 0.744 e. The Labute approximate surface area is 137 Å². The number of hydrogen-bond donors (Lipinski definition) is 1. The monoisotopic (exact) mass is 383 g/mol. The molecule has 2 rings (SSSR count). The molecule has 22 heavy (non-hydrogen) atoms. The molecule has 0 aliphatic heterocycles. The zero-order valence-electron chi connectivity index (χ0n) is 11.7. The van der Waals surface area contributed by atoms with Crippen molar-refractivity contribution in [2.24, 2.45) is 0 Å². The van der Waals surface area contributed by atoms with Crippen LogP contribution in [-0.4, -0.2) is 13.0 Å². The van der Waals surface area contributed by atoms with Crippen LogP contribution in [0.5, 0.6) is 0 Å². The second-order valence-electron chi connectivity index (χ2n) is 4.35. The fourth-order valence-corrected chi connectivity index (χ4v) is 2.31. The van der Waals surface area contributed by atoms with Gasteiger partial charge >= 0.3 is 0 Å². The van der Waals surface area contributed by atoms with E-state index < -0.39 is 10.1 Å². The second-order valence-corrected chi connectivity index (χ2v) is 6.64. The first kappa shape index (κ1) is 18.1. The zero-order chi connectivity index (χ0) is 16.8. The number of hydrogen-bond acceptors (Lipinski definition) is 5. The highest BCUT2D eigenvalue weighted by molar-refractivity contribution is 9.10. The Morgan fingerprint density at radius 2 is 1.91 bits per heavy atom. The molecule has 0 aliphatic carbocycles. The average molecular weight is 384 g/mol. The summed E-state index contributed by atoms with van der Waals surface area (Å²) in [7, 11) is -4.27. The zero-order valence-corrected chi connectivity index (χ0v) is 14.1. The number of halogens is 1. The molecule has 0 unspecified atom stereocenters. The van der Waals surface area contributed by atoms with E-state index in [4.69, 9.17) is 11.1 Å². The lowest BCUT2D eigenvalue weighted by molar-refractivity contribution is -0.646. The van der Waals surface area contributed by atoms with Crippen LogP contribution in [0, 0.1) is 18.3 Å². The number of nitrogens with two attached hydrogens (primary N) is 1. The molecule has 0 fully saturated rings. The molecule has 0 saturated heterocycles. The maximum Gasteiger partial charge on any atom is 0.226 e. The minimum Gasteiger partial charge on any atom is -0.744 e. The summed E-state index contributed by atoms with van der Waals surface area (Å²) < 4.78 is 33.5. The first-order chi connectivity index (χ1) is 10.2. The topological polar surface area (TPSA) is 111 Å². The summed E-state index contributed by atoms with van der Waals surface area (Å²) in [6, 6.07) is 11.5. The number of pyridine rings is 1. The van der Waals surface area contributed by atoms with E-state index in [0.29, 0.717) is 6.42 Å². The van der Waals surface area contributed by atoms with Crippen LogP contribution in [0.25, 0.3) is 0 Å². The highest BCUT2D eigenvalue weighted by Crippen LogP contribution is 2.08. The summed E-state index contributed by atoms with van der Waals surface area (Å²) in [5.74, 6) is 5.52. The Kier molecular flexibility index (Phi) is 6.49. The second kappa shape index (κ2) is 7.89. The van der Waals surface area contributed by atoms with Crippen molar-refractivity contribution in [2.45, 2.75) is 18.2 Å². The van der Waals surface area contributed by atoms with Gasteiger partial charge in [-0.25, -0.2) is 14.3 Å². The molecule has 2 N–H and O–H groups in total. The predicted octanol–water partition coefficient (Wildman–Crippen LogP) is 1.42. The molecule has 1 heterocycles. The third-order valence-corrected chi connectivity index (χ3v) is 3.94. The van der Waals surface area contributed by atoms with Crippen molar-refractivity contribution in [3.63, 3.8) is 0 Å². The molecule has 0 amide bonds.